The van der Waals surface area contributed by atoms with Gasteiger partial charge in [0, 0.05) is 12.6 Å². The predicted octanol–water partition coefficient (Wildman–Crippen LogP) is 0.0748. The molecule has 0 heterocycles. The van der Waals surface area contributed by atoms with Crippen LogP contribution < -0.4 is 5.32 Å². The molecule has 0 aromatic carbocycles. The number of nitrogens with one attached hydrogen (secondary N) is 1. The third-order valence-corrected chi connectivity index (χ3v) is 4.22. The summed E-state index contributed by atoms with van der Waals surface area (Å²) in [4.78, 5) is 11.5. The molecule has 17 heavy (non-hydrogen) atoms. The maximum Gasteiger partial charge on any atom is 0.235 e. The smallest absolute Gasteiger partial charge is 0.235 e. The van der Waals surface area contributed by atoms with Crippen LogP contribution >= 0.6 is 0 Å². The molecule has 1 atom stereocenters. The van der Waals surface area contributed by atoms with E-state index in [0.29, 0.717) is 0 Å². The molecule has 1 N–H and O–H groups in total. The van der Waals surface area contributed by atoms with Crippen molar-refractivity contribution in [1.29, 1.82) is 5.26 Å². The Balaban J connectivity index is 4.77. The van der Waals surface area contributed by atoms with Gasteiger partial charge in [0.25, 0.3) is 0 Å². The summed E-state index contributed by atoms with van der Waals surface area (Å²) in [6.45, 7) is 6.44. The summed E-state index contributed by atoms with van der Waals surface area (Å²) in [5, 5.41) is 10.1. The summed E-state index contributed by atoms with van der Waals surface area (Å²) in [6, 6.07) is 1.63. The van der Waals surface area contributed by atoms with E-state index in [0.717, 1.165) is 4.31 Å². The van der Waals surface area contributed by atoms with Gasteiger partial charge in [0.1, 0.15) is 0 Å². The van der Waals surface area contributed by atoms with E-state index in [1.165, 1.54) is 6.92 Å². The van der Waals surface area contributed by atoms with Crippen LogP contribution in [0.5, 0.6) is 0 Å². The Bertz CT molecular complexity index is 398. The minimum Gasteiger partial charge on any atom is -0.353 e. The quantitative estimate of drug-likeness (QED) is 0.733. The number of amides is 1. The number of sulfonamides is 1. The molecule has 0 bridgehead atoms. The van der Waals surface area contributed by atoms with Crippen LogP contribution in [-0.4, -0.2) is 43.0 Å². The minimum absolute atomic E-state index is 0.0442. The molecular weight excluding hydrogens is 242 g/mol. The molecule has 6 nitrogen and oxygen atoms in total. The molecule has 0 aliphatic heterocycles. The molecule has 0 saturated carbocycles. The number of likely N-dealkylation sites (N-methyl/N-ethyl adjacent to an activating group) is 1. The summed E-state index contributed by atoms with van der Waals surface area (Å²) < 4.78 is 24.7. The van der Waals surface area contributed by atoms with Crippen molar-refractivity contribution in [3.8, 4) is 6.07 Å². The number of carbonyl (C=O) groups excluding carboxylic acids is 1. The van der Waals surface area contributed by atoms with E-state index in [4.69, 9.17) is 5.26 Å². The standard InChI is InChI=1S/C10H19N3O3S/c1-5-13(7-10(14)12-8(2)3)17(15,16)9(4)6-11/h8-9H,5,7H2,1-4H3,(H,12,14). The molecule has 7 heteroatoms. The van der Waals surface area contributed by atoms with Gasteiger partial charge in [-0.1, -0.05) is 6.92 Å². The molecule has 0 fully saturated rings. The van der Waals surface area contributed by atoms with E-state index in [1.54, 1.807) is 26.8 Å². The molecule has 0 aromatic heterocycles. The SMILES string of the molecule is CCN(CC(=O)NC(C)C)S(=O)(=O)C(C)C#N. The molecule has 0 rings (SSSR count). The number of hydrogen-bond donors (Lipinski definition) is 1. The van der Waals surface area contributed by atoms with Gasteiger partial charge in [-0.2, -0.15) is 9.57 Å². The molecule has 0 aliphatic carbocycles. The maximum atomic E-state index is 11.8. The predicted molar refractivity (Wildman–Crippen MR) is 64.5 cm³/mol. The van der Waals surface area contributed by atoms with Gasteiger partial charge in [-0.05, 0) is 20.8 Å². The van der Waals surface area contributed by atoms with Crippen LogP contribution in [0.25, 0.3) is 0 Å². The van der Waals surface area contributed by atoms with Crippen LogP contribution in [0, 0.1) is 11.3 Å². The summed E-state index contributed by atoms with van der Waals surface area (Å²) in [5.41, 5.74) is 0. The second-order valence-corrected chi connectivity index (χ2v) is 6.22. The molecule has 0 radical (unpaired) electrons. The molecular formula is C10H19N3O3S. The normalized spacial score (nSPS) is 13.5. The Hall–Kier alpha value is -1.13. The van der Waals surface area contributed by atoms with E-state index in [9.17, 15) is 13.2 Å². The highest BCUT2D eigenvalue weighted by atomic mass is 32.2. The monoisotopic (exact) mass is 261 g/mol. The zero-order valence-electron chi connectivity index (χ0n) is 10.6. The van der Waals surface area contributed by atoms with Crippen molar-refractivity contribution < 1.29 is 13.2 Å². The Labute approximate surface area is 103 Å². The Morgan fingerprint density at radius 1 is 1.41 bits per heavy atom. The van der Waals surface area contributed by atoms with Gasteiger partial charge in [-0.25, -0.2) is 8.42 Å². The van der Waals surface area contributed by atoms with Crippen molar-refractivity contribution >= 4 is 15.9 Å². The summed E-state index contributed by atoms with van der Waals surface area (Å²) in [7, 11) is -3.72. The molecule has 1 amide bonds. The van der Waals surface area contributed by atoms with Crippen LogP contribution in [-0.2, 0) is 14.8 Å². The maximum absolute atomic E-state index is 11.8. The van der Waals surface area contributed by atoms with E-state index in [1.807, 2.05) is 0 Å². The molecule has 98 valence electrons. The largest absolute Gasteiger partial charge is 0.353 e. The molecule has 0 aliphatic rings. The lowest BCUT2D eigenvalue weighted by Crippen LogP contribution is -2.45. The van der Waals surface area contributed by atoms with E-state index < -0.39 is 15.3 Å². The Morgan fingerprint density at radius 3 is 2.29 bits per heavy atom. The van der Waals surface area contributed by atoms with Crippen molar-refractivity contribution in [3.05, 3.63) is 0 Å². The van der Waals surface area contributed by atoms with Gasteiger partial charge in [0.05, 0.1) is 12.6 Å². The average molecular weight is 261 g/mol. The van der Waals surface area contributed by atoms with Crippen molar-refractivity contribution in [2.45, 2.75) is 39.0 Å². The van der Waals surface area contributed by atoms with Gasteiger partial charge in [0.15, 0.2) is 5.25 Å². The first-order valence-electron chi connectivity index (χ1n) is 5.43. The van der Waals surface area contributed by atoms with Crippen molar-refractivity contribution in [2.75, 3.05) is 13.1 Å². The number of hydrogen-bond acceptors (Lipinski definition) is 4. The van der Waals surface area contributed by atoms with E-state index >= 15 is 0 Å². The number of nitrogens with zero attached hydrogens (tertiary/aromatic N) is 2. The van der Waals surface area contributed by atoms with Gasteiger partial charge < -0.3 is 5.32 Å². The Morgan fingerprint density at radius 2 is 1.94 bits per heavy atom. The zero-order chi connectivity index (χ0) is 13.6. The minimum atomic E-state index is -3.72. The fourth-order valence-electron chi connectivity index (χ4n) is 1.20. The van der Waals surface area contributed by atoms with Crippen LogP contribution in [0.2, 0.25) is 0 Å². The highest BCUT2D eigenvalue weighted by Crippen LogP contribution is 2.07. The third kappa shape index (κ3) is 4.71. The highest BCUT2D eigenvalue weighted by molar-refractivity contribution is 7.90. The van der Waals surface area contributed by atoms with Gasteiger partial charge in [0.2, 0.25) is 15.9 Å². The third-order valence-electron chi connectivity index (χ3n) is 2.11. The topological polar surface area (TPSA) is 90.3 Å². The van der Waals surface area contributed by atoms with E-state index in [-0.39, 0.29) is 25.0 Å². The van der Waals surface area contributed by atoms with Gasteiger partial charge in [-0.3, -0.25) is 4.79 Å². The Kier molecular flexibility index (Phi) is 6.13. The van der Waals surface area contributed by atoms with Gasteiger partial charge >= 0.3 is 0 Å². The molecule has 0 spiro atoms. The second kappa shape index (κ2) is 6.57. The molecule has 0 saturated heterocycles. The van der Waals surface area contributed by atoms with Crippen LogP contribution in [0.3, 0.4) is 0 Å². The molecule has 0 aromatic rings. The number of carbonyl (C=O) groups is 1. The second-order valence-electron chi connectivity index (χ2n) is 3.96. The van der Waals surface area contributed by atoms with Crippen LogP contribution in [0.1, 0.15) is 27.7 Å². The fourth-order valence-corrected chi connectivity index (χ4v) is 2.44. The zero-order valence-corrected chi connectivity index (χ0v) is 11.4. The van der Waals surface area contributed by atoms with E-state index in [2.05, 4.69) is 5.32 Å². The summed E-state index contributed by atoms with van der Waals surface area (Å²) in [6.07, 6.45) is 0. The van der Waals surface area contributed by atoms with Crippen molar-refractivity contribution in [3.63, 3.8) is 0 Å². The fraction of sp³-hybridized carbons (Fsp3) is 0.800. The van der Waals surface area contributed by atoms with Crippen LogP contribution in [0.4, 0.5) is 0 Å². The lowest BCUT2D eigenvalue weighted by atomic mass is 10.4. The first-order chi connectivity index (χ1) is 7.75. The highest BCUT2D eigenvalue weighted by Gasteiger charge is 2.29. The van der Waals surface area contributed by atoms with Crippen molar-refractivity contribution in [1.82, 2.24) is 9.62 Å². The van der Waals surface area contributed by atoms with Crippen LogP contribution in [0.15, 0.2) is 0 Å². The molecule has 1 unspecified atom stereocenters. The lowest BCUT2D eigenvalue weighted by molar-refractivity contribution is -0.121. The van der Waals surface area contributed by atoms with Gasteiger partial charge in [-0.15, -0.1) is 0 Å². The van der Waals surface area contributed by atoms with Crippen molar-refractivity contribution in [2.24, 2.45) is 0 Å². The summed E-state index contributed by atoms with van der Waals surface area (Å²) >= 11 is 0. The number of nitriles is 1. The first kappa shape index (κ1) is 15.9. The lowest BCUT2D eigenvalue weighted by Gasteiger charge is -2.21. The average Bonchev–Trinajstić information content (AvgIpc) is 2.23. The summed E-state index contributed by atoms with van der Waals surface area (Å²) in [5.74, 6) is -0.365. The first-order valence-corrected chi connectivity index (χ1v) is 6.94. The number of rotatable bonds is 6.